The summed E-state index contributed by atoms with van der Waals surface area (Å²) in [6.45, 7) is 0.495. The van der Waals surface area contributed by atoms with Gasteiger partial charge in [-0.1, -0.05) is 67.1 Å². The molecule has 0 aliphatic carbocycles. The standard InChI is InChI=1S/C27H37N5O5S/c28-14-8-7-13-20(29)24(33)30-21(15-18-9-3-1-4-10-18)25(34)32-23(17-38)26(35)31-22(27(36)37)16-19-11-5-2-6-12-19/h1-6,9-12,20-23,38H,7-8,13-17,28-29H2,(H,30,33)(H,31,35)(H,32,34)(H,36,37). The fourth-order valence-corrected chi connectivity index (χ4v) is 4.02. The number of hydrogen-bond donors (Lipinski definition) is 7. The number of unbranched alkanes of at least 4 members (excludes halogenated alkanes) is 1. The highest BCUT2D eigenvalue weighted by atomic mass is 32.1. The van der Waals surface area contributed by atoms with Crippen LogP contribution in [0, 0.1) is 0 Å². The van der Waals surface area contributed by atoms with Crippen molar-refractivity contribution >= 4 is 36.3 Å². The molecular formula is C27H37N5O5S. The molecule has 4 atom stereocenters. The van der Waals surface area contributed by atoms with Gasteiger partial charge in [-0.05, 0) is 30.5 Å². The van der Waals surface area contributed by atoms with Gasteiger partial charge in [-0.25, -0.2) is 4.79 Å². The molecule has 2 rings (SSSR count). The van der Waals surface area contributed by atoms with Crippen LogP contribution in [0.15, 0.2) is 60.7 Å². The van der Waals surface area contributed by atoms with Gasteiger partial charge in [0.1, 0.15) is 18.1 Å². The molecule has 0 radical (unpaired) electrons. The number of carboxylic acid groups (broad SMARTS) is 1. The van der Waals surface area contributed by atoms with Gasteiger partial charge in [-0.2, -0.15) is 12.6 Å². The number of aliphatic carboxylic acids is 1. The molecule has 0 bridgehead atoms. The van der Waals surface area contributed by atoms with E-state index < -0.39 is 47.9 Å². The number of carboxylic acids is 1. The van der Waals surface area contributed by atoms with Crippen molar-refractivity contribution in [2.24, 2.45) is 11.5 Å². The van der Waals surface area contributed by atoms with Gasteiger partial charge in [0.25, 0.3) is 0 Å². The van der Waals surface area contributed by atoms with E-state index >= 15 is 0 Å². The molecule has 0 aliphatic rings. The summed E-state index contributed by atoms with van der Waals surface area (Å²) in [6, 6.07) is 13.8. The Morgan fingerprint density at radius 1 is 0.737 bits per heavy atom. The zero-order chi connectivity index (χ0) is 27.9. The second-order valence-corrected chi connectivity index (χ2v) is 9.34. The molecule has 11 heteroatoms. The molecule has 38 heavy (non-hydrogen) atoms. The monoisotopic (exact) mass is 543 g/mol. The number of carbonyl (C=O) groups excluding carboxylic acids is 3. The van der Waals surface area contributed by atoms with E-state index in [0.29, 0.717) is 19.4 Å². The van der Waals surface area contributed by atoms with E-state index in [0.717, 1.165) is 17.5 Å². The fraction of sp³-hybridized carbons (Fsp3) is 0.407. The zero-order valence-corrected chi connectivity index (χ0v) is 22.1. The summed E-state index contributed by atoms with van der Waals surface area (Å²) in [7, 11) is 0. The van der Waals surface area contributed by atoms with Crippen molar-refractivity contribution in [1.29, 1.82) is 0 Å². The molecular weight excluding hydrogens is 506 g/mol. The summed E-state index contributed by atoms with van der Waals surface area (Å²) in [4.78, 5) is 50.6. The Morgan fingerprint density at radius 3 is 1.71 bits per heavy atom. The Labute approximate surface area is 228 Å². The number of thiol groups is 1. The second-order valence-electron chi connectivity index (χ2n) is 8.97. The van der Waals surface area contributed by atoms with Crippen LogP contribution < -0.4 is 27.4 Å². The predicted molar refractivity (Wildman–Crippen MR) is 148 cm³/mol. The summed E-state index contributed by atoms with van der Waals surface area (Å²) in [6.07, 6.45) is 2.07. The van der Waals surface area contributed by atoms with Gasteiger partial charge in [-0.15, -0.1) is 0 Å². The topological polar surface area (TPSA) is 177 Å². The maximum absolute atomic E-state index is 13.2. The van der Waals surface area contributed by atoms with E-state index in [-0.39, 0.29) is 18.6 Å². The Bertz CT molecular complexity index is 1040. The first kappa shape index (κ1) is 30.8. The highest BCUT2D eigenvalue weighted by Gasteiger charge is 2.30. The molecule has 8 N–H and O–H groups in total. The van der Waals surface area contributed by atoms with Crippen LogP contribution in [-0.2, 0) is 32.0 Å². The lowest BCUT2D eigenvalue weighted by atomic mass is 10.0. The molecule has 0 saturated carbocycles. The molecule has 206 valence electrons. The first-order valence-corrected chi connectivity index (χ1v) is 13.2. The highest BCUT2D eigenvalue weighted by Crippen LogP contribution is 2.07. The Kier molecular flexibility index (Phi) is 13.3. The summed E-state index contributed by atoms with van der Waals surface area (Å²) in [5.74, 6) is -3.08. The third-order valence-electron chi connectivity index (χ3n) is 5.93. The molecule has 3 amide bonds. The molecule has 0 fully saturated rings. The van der Waals surface area contributed by atoms with E-state index in [1.165, 1.54) is 0 Å². The van der Waals surface area contributed by atoms with E-state index in [1.54, 1.807) is 24.3 Å². The summed E-state index contributed by atoms with van der Waals surface area (Å²) in [5.41, 5.74) is 13.0. The first-order valence-electron chi connectivity index (χ1n) is 12.5. The zero-order valence-electron chi connectivity index (χ0n) is 21.2. The molecule has 0 saturated heterocycles. The maximum Gasteiger partial charge on any atom is 0.326 e. The normalized spacial score (nSPS) is 14.0. The number of carbonyl (C=O) groups is 4. The lowest BCUT2D eigenvalue weighted by Gasteiger charge is -2.24. The third kappa shape index (κ3) is 10.5. The lowest BCUT2D eigenvalue weighted by Crippen LogP contribution is -2.58. The molecule has 0 spiro atoms. The highest BCUT2D eigenvalue weighted by molar-refractivity contribution is 7.80. The minimum atomic E-state index is -1.20. The van der Waals surface area contributed by atoms with Gasteiger partial charge in [0, 0.05) is 18.6 Å². The largest absolute Gasteiger partial charge is 0.480 e. The smallest absolute Gasteiger partial charge is 0.326 e. The van der Waals surface area contributed by atoms with Gasteiger partial charge in [-0.3, -0.25) is 14.4 Å². The number of nitrogens with two attached hydrogens (primary N) is 2. The van der Waals surface area contributed by atoms with Crippen molar-refractivity contribution in [1.82, 2.24) is 16.0 Å². The molecule has 0 aromatic heterocycles. The molecule has 0 heterocycles. The molecule has 2 aromatic carbocycles. The first-order chi connectivity index (χ1) is 18.2. The minimum absolute atomic E-state index is 0.0733. The van der Waals surface area contributed by atoms with E-state index in [4.69, 9.17) is 11.5 Å². The van der Waals surface area contributed by atoms with Crippen molar-refractivity contribution in [2.75, 3.05) is 12.3 Å². The third-order valence-corrected chi connectivity index (χ3v) is 6.30. The fourth-order valence-electron chi connectivity index (χ4n) is 3.77. The van der Waals surface area contributed by atoms with E-state index in [9.17, 15) is 24.3 Å². The average molecular weight is 544 g/mol. The average Bonchev–Trinajstić information content (AvgIpc) is 2.91. The predicted octanol–water partition coefficient (Wildman–Crippen LogP) is 0.397. The molecule has 4 unspecified atom stereocenters. The van der Waals surface area contributed by atoms with Crippen LogP contribution in [0.25, 0.3) is 0 Å². The van der Waals surface area contributed by atoms with Gasteiger partial charge < -0.3 is 32.5 Å². The Balaban J connectivity index is 2.10. The van der Waals surface area contributed by atoms with Crippen LogP contribution in [0.5, 0.6) is 0 Å². The van der Waals surface area contributed by atoms with Crippen molar-refractivity contribution in [2.45, 2.75) is 56.3 Å². The van der Waals surface area contributed by atoms with Crippen molar-refractivity contribution in [3.8, 4) is 0 Å². The quantitative estimate of drug-likeness (QED) is 0.118. The van der Waals surface area contributed by atoms with Gasteiger partial charge in [0.2, 0.25) is 17.7 Å². The maximum atomic E-state index is 13.2. The molecule has 0 aliphatic heterocycles. The van der Waals surface area contributed by atoms with Crippen LogP contribution >= 0.6 is 12.6 Å². The van der Waals surface area contributed by atoms with Crippen LogP contribution in [0.4, 0.5) is 0 Å². The van der Waals surface area contributed by atoms with Crippen molar-refractivity contribution in [3.63, 3.8) is 0 Å². The van der Waals surface area contributed by atoms with Gasteiger partial charge in [0.15, 0.2) is 0 Å². The second kappa shape index (κ2) is 16.4. The lowest BCUT2D eigenvalue weighted by molar-refractivity contribution is -0.142. The number of rotatable bonds is 16. The summed E-state index contributed by atoms with van der Waals surface area (Å²) >= 11 is 4.18. The Hall–Kier alpha value is -3.41. The molecule has 2 aromatic rings. The number of hydrogen-bond acceptors (Lipinski definition) is 7. The number of amides is 3. The SMILES string of the molecule is NCCCCC(N)C(=O)NC(Cc1ccccc1)C(=O)NC(CS)C(=O)NC(Cc1ccccc1)C(=O)O. The number of nitrogens with one attached hydrogen (secondary N) is 3. The van der Waals surface area contributed by atoms with Crippen LogP contribution in [0.3, 0.4) is 0 Å². The van der Waals surface area contributed by atoms with Crippen LogP contribution in [0.1, 0.15) is 30.4 Å². The molecule has 10 nitrogen and oxygen atoms in total. The van der Waals surface area contributed by atoms with Crippen LogP contribution in [-0.4, -0.2) is 65.3 Å². The Morgan fingerprint density at radius 2 is 1.21 bits per heavy atom. The minimum Gasteiger partial charge on any atom is -0.480 e. The van der Waals surface area contributed by atoms with Gasteiger partial charge >= 0.3 is 5.97 Å². The van der Waals surface area contributed by atoms with Crippen molar-refractivity contribution < 1.29 is 24.3 Å². The summed E-state index contributed by atoms with van der Waals surface area (Å²) < 4.78 is 0. The van der Waals surface area contributed by atoms with Crippen LogP contribution in [0.2, 0.25) is 0 Å². The van der Waals surface area contributed by atoms with E-state index in [2.05, 4.69) is 28.6 Å². The van der Waals surface area contributed by atoms with Gasteiger partial charge in [0.05, 0.1) is 6.04 Å². The summed E-state index contributed by atoms with van der Waals surface area (Å²) in [5, 5.41) is 17.4. The van der Waals surface area contributed by atoms with Crippen molar-refractivity contribution in [3.05, 3.63) is 71.8 Å². The number of benzene rings is 2. The van der Waals surface area contributed by atoms with E-state index in [1.807, 2.05) is 36.4 Å².